The number of rotatable bonds is 10. The van der Waals surface area contributed by atoms with Crippen LogP contribution in [0.1, 0.15) is 129 Å². The number of allylic oxidation sites excluding steroid dienone is 5. The van der Waals surface area contributed by atoms with E-state index >= 15 is 0 Å². The average molecular weight is 865 g/mol. The predicted molar refractivity (Wildman–Crippen MR) is 246 cm³/mol. The molecule has 0 amide bonds. The van der Waals surface area contributed by atoms with Crippen LogP contribution in [0.5, 0.6) is 0 Å². The molecule has 0 aliphatic carbocycles. The maximum atomic E-state index is 5.76. The van der Waals surface area contributed by atoms with Crippen LogP contribution in [-0.2, 0) is 24.0 Å². The van der Waals surface area contributed by atoms with Gasteiger partial charge in [0.1, 0.15) is 12.2 Å². The summed E-state index contributed by atoms with van der Waals surface area (Å²) in [5, 5.41) is 22.9. The zero-order chi connectivity index (χ0) is 41.0. The van der Waals surface area contributed by atoms with E-state index in [0.29, 0.717) is 0 Å². The van der Waals surface area contributed by atoms with Crippen LogP contribution in [0.15, 0.2) is 128 Å². The molecule has 0 aromatic heterocycles. The normalized spacial score (nSPS) is 17.4. The number of hydrogen-bond donors (Lipinski definition) is 0. The van der Waals surface area contributed by atoms with Crippen molar-refractivity contribution in [1.82, 2.24) is 0 Å². The van der Waals surface area contributed by atoms with Crippen LogP contribution in [0.4, 0.5) is 0 Å². The molecule has 1 radical (unpaired) electrons. The van der Waals surface area contributed by atoms with E-state index in [4.69, 9.17) is 44.5 Å². The van der Waals surface area contributed by atoms with Crippen molar-refractivity contribution in [3.8, 4) is 0 Å². The molecule has 5 aliphatic heterocycles. The maximum Gasteiger partial charge on any atom is 4.00 e. The fourth-order valence-electron chi connectivity index (χ4n) is 9.11. The first-order valence-electron chi connectivity index (χ1n) is 21.1. The zero-order valence-corrected chi connectivity index (χ0v) is 39.4. The summed E-state index contributed by atoms with van der Waals surface area (Å²) in [6.07, 6.45) is 11.6. The number of alkyl halides is 2. The minimum atomic E-state index is 0. The van der Waals surface area contributed by atoms with Crippen LogP contribution < -0.4 is 0 Å². The molecule has 2 aromatic rings. The first kappa shape index (κ1) is 47.8. The van der Waals surface area contributed by atoms with E-state index in [9.17, 15) is 0 Å². The van der Waals surface area contributed by atoms with Gasteiger partial charge in [-0.1, -0.05) is 101 Å². The Kier molecular flexibility index (Phi) is 17.1. The zero-order valence-electron chi connectivity index (χ0n) is 36.5. The molecular weight excluding hydrogens is 806 g/mol. The molecule has 0 atom stereocenters. The first-order chi connectivity index (χ1) is 27.7. The van der Waals surface area contributed by atoms with Gasteiger partial charge in [0.05, 0.1) is 33.2 Å². The first-order valence-corrected chi connectivity index (χ1v) is 22.2. The summed E-state index contributed by atoms with van der Waals surface area (Å²) in [5.41, 5.74) is 21.5. The van der Waals surface area contributed by atoms with Crippen LogP contribution in [0, 0.1) is 37.9 Å². The molecule has 8 heteroatoms. The van der Waals surface area contributed by atoms with Crippen molar-refractivity contribution in [3.63, 3.8) is 0 Å². The van der Waals surface area contributed by atoms with Crippen molar-refractivity contribution in [1.29, 1.82) is 0 Å². The largest absolute Gasteiger partial charge is 4.00 e. The smallest absolute Gasteiger partial charge is 2.00 e. The molecule has 5 nitrogen and oxygen atoms in total. The molecule has 0 saturated carbocycles. The van der Waals surface area contributed by atoms with E-state index in [1.165, 1.54) is 56.1 Å². The fraction of sp³-hybridized carbons (Fsp3) is 0.373. The van der Waals surface area contributed by atoms with Gasteiger partial charge in [0, 0.05) is 41.8 Å². The molecule has 59 heavy (non-hydrogen) atoms. The van der Waals surface area contributed by atoms with Crippen molar-refractivity contribution in [2.24, 2.45) is 0 Å². The summed E-state index contributed by atoms with van der Waals surface area (Å²) in [4.78, 5) is 0. The number of benzene rings is 2. The summed E-state index contributed by atoms with van der Waals surface area (Å²) in [5.74, 6) is 1.30. The third-order valence-electron chi connectivity index (χ3n) is 11.8. The van der Waals surface area contributed by atoms with Crippen LogP contribution in [0.2, 0.25) is 0 Å². The Hall–Kier alpha value is -3.84. The standard InChI is InChI=1S/C50H56N4.CH2Cl2.O.V/c1-11-33-35(13-3)45-43(31-23-19-29(9)20-24-31)47-37(15-5)39(17-7)49(53-47)50-40(18-8)38(16-6)48(54-50)44(32-25-21-30(10)22-26-32)46-36(14-4)34(12-2)42(52-46)28-27-41(33)51-45;2-1-3;;/h19-28H,11-18H2,1-10H3;1H2;;/q-2;;-2;+4. The topological polar surface area (TPSA) is 84.9 Å². The summed E-state index contributed by atoms with van der Waals surface area (Å²) in [6.45, 7) is 22.5. The SMILES string of the molecule is CCC1=C(CC)[C+]2C=C[C+]3[N-]C(=C(c4ccc(C)cc4)[C+]4[N-]C(=C5[N-]C(=C(CC)[C-]5CC)C(c5ccc(C)cc5)=C1[N-]2)C(CC)=C4CC)C(CC)=C3CC.ClCCl.[O-2].[V+4]. The molecule has 307 valence electrons. The number of halogens is 2. The number of aryl methyl sites for hydroxylation is 2. The van der Waals surface area contributed by atoms with Gasteiger partial charge in [0.15, 0.2) is 0 Å². The van der Waals surface area contributed by atoms with Gasteiger partial charge in [-0.05, 0) is 94.8 Å². The van der Waals surface area contributed by atoms with Gasteiger partial charge >= 0.3 is 18.6 Å². The quantitative estimate of drug-likeness (QED) is 0.168. The van der Waals surface area contributed by atoms with Gasteiger partial charge < -0.3 is 26.7 Å². The molecule has 5 aliphatic rings. The molecule has 7 rings (SSSR count). The Bertz CT molecular complexity index is 2100. The van der Waals surface area contributed by atoms with Crippen LogP contribution in [0.25, 0.3) is 32.4 Å². The van der Waals surface area contributed by atoms with Crippen molar-refractivity contribution in [3.05, 3.63) is 196 Å². The monoisotopic (exact) mass is 863 g/mol. The van der Waals surface area contributed by atoms with E-state index in [-0.39, 0.29) is 29.4 Å². The van der Waals surface area contributed by atoms with Gasteiger partial charge in [-0.2, -0.15) is 11.5 Å². The second-order valence-corrected chi connectivity index (χ2v) is 15.7. The Morgan fingerprint density at radius 3 is 1.46 bits per heavy atom. The molecule has 0 N–H and O–H groups in total. The van der Waals surface area contributed by atoms with Crippen molar-refractivity contribution in [2.45, 2.75) is 121 Å². The summed E-state index contributed by atoms with van der Waals surface area (Å²) in [7, 11) is 0. The number of hydrogen-bond acceptors (Lipinski definition) is 0. The van der Waals surface area contributed by atoms with Gasteiger partial charge in [0.2, 0.25) is 0 Å². The Balaban J connectivity index is 0.00000149. The molecular formula is C51H58Cl2N4OV. The van der Waals surface area contributed by atoms with Crippen LogP contribution in [0.3, 0.4) is 0 Å². The van der Waals surface area contributed by atoms with E-state index < -0.39 is 0 Å². The van der Waals surface area contributed by atoms with E-state index in [0.717, 1.165) is 120 Å². The number of fused-ring (bicyclic) bond motifs is 8. The Labute approximate surface area is 377 Å². The Morgan fingerprint density at radius 1 is 0.542 bits per heavy atom. The predicted octanol–water partition coefficient (Wildman–Crippen LogP) is 16.7. The molecule has 8 bridgehead atoms. The molecule has 2 aromatic carbocycles. The average Bonchev–Trinajstić information content (AvgIpc) is 3.97. The van der Waals surface area contributed by atoms with E-state index in [1.807, 2.05) is 0 Å². The second-order valence-electron chi connectivity index (χ2n) is 14.9. The van der Waals surface area contributed by atoms with Gasteiger partial charge in [-0.25, -0.2) is 11.4 Å². The summed E-state index contributed by atoms with van der Waals surface area (Å²) in [6, 6.07) is 21.1. The summed E-state index contributed by atoms with van der Waals surface area (Å²) < 4.78 is 0. The second kappa shape index (κ2) is 21.1. The number of nitrogens with zero attached hydrogens (tertiary/aromatic N) is 4. The van der Waals surface area contributed by atoms with Gasteiger partial charge in [-0.3, -0.25) is 5.70 Å². The van der Waals surface area contributed by atoms with Gasteiger partial charge in [-0.15, -0.1) is 23.2 Å². The van der Waals surface area contributed by atoms with E-state index in [2.05, 4.69) is 130 Å². The molecule has 0 unspecified atom stereocenters. The molecule has 0 spiro atoms. The minimum Gasteiger partial charge on any atom is -2.00 e. The Morgan fingerprint density at radius 2 is 1.00 bits per heavy atom. The van der Waals surface area contributed by atoms with Crippen LogP contribution >= 0.6 is 23.2 Å². The fourth-order valence-corrected chi connectivity index (χ4v) is 9.11. The van der Waals surface area contributed by atoms with E-state index in [1.54, 1.807) is 0 Å². The molecule has 5 heterocycles. The molecule has 0 fully saturated rings. The van der Waals surface area contributed by atoms with Crippen LogP contribution in [-0.4, -0.2) is 5.34 Å². The minimum absolute atomic E-state index is 0. The molecule has 0 saturated heterocycles. The third kappa shape index (κ3) is 8.83. The van der Waals surface area contributed by atoms with Gasteiger partial charge in [0.25, 0.3) is 0 Å². The summed E-state index contributed by atoms with van der Waals surface area (Å²) >= 11 is 9.53. The third-order valence-corrected chi connectivity index (χ3v) is 11.8. The maximum absolute atomic E-state index is 5.76. The van der Waals surface area contributed by atoms with Crippen molar-refractivity contribution >= 4 is 34.3 Å². The van der Waals surface area contributed by atoms with Crippen molar-refractivity contribution < 1.29 is 24.0 Å². The van der Waals surface area contributed by atoms with Crippen molar-refractivity contribution in [2.75, 3.05) is 5.34 Å².